The van der Waals surface area contributed by atoms with E-state index in [2.05, 4.69) is 0 Å². The smallest absolute Gasteiger partial charge is 0.322 e. The Kier molecular flexibility index (Phi) is 3.75. The van der Waals surface area contributed by atoms with Crippen LogP contribution in [-0.2, 0) is 14.8 Å². The van der Waals surface area contributed by atoms with E-state index in [1.54, 1.807) is 0 Å². The van der Waals surface area contributed by atoms with Gasteiger partial charge in [-0.25, -0.2) is 13.6 Å². The first-order valence-corrected chi connectivity index (χ1v) is 6.94. The molecule has 0 radical (unpaired) electrons. The molecule has 1 aliphatic heterocycles. The maximum absolute atomic E-state index is 12.1. The van der Waals surface area contributed by atoms with Crippen molar-refractivity contribution in [2.24, 2.45) is 5.14 Å². The van der Waals surface area contributed by atoms with Gasteiger partial charge in [0.25, 0.3) is 0 Å². The number of amides is 1. The fraction of sp³-hybridized carbons (Fsp3) is 0.833. The third-order valence-electron chi connectivity index (χ3n) is 2.18. The summed E-state index contributed by atoms with van der Waals surface area (Å²) in [5, 5.41) is 3.71. The predicted molar refractivity (Wildman–Crippen MR) is 57.1 cm³/mol. The SMILES string of the molecule is NS(=O)(=O)C1CCN(C(=O)C(F)(F)F)C1I. The zero-order valence-corrected chi connectivity index (χ0v) is 10.7. The van der Waals surface area contributed by atoms with E-state index in [4.69, 9.17) is 5.14 Å². The minimum Gasteiger partial charge on any atom is -0.322 e. The van der Waals surface area contributed by atoms with Crippen LogP contribution in [0.25, 0.3) is 0 Å². The summed E-state index contributed by atoms with van der Waals surface area (Å²) in [6.07, 6.45) is -5.06. The first kappa shape index (κ1) is 14.0. The first-order valence-electron chi connectivity index (χ1n) is 4.08. The molecule has 0 spiro atoms. The summed E-state index contributed by atoms with van der Waals surface area (Å²) in [5.74, 6) is -2.03. The van der Waals surface area contributed by atoms with Crippen LogP contribution in [0.5, 0.6) is 0 Å². The lowest BCUT2D eigenvalue weighted by Crippen LogP contribution is -2.45. The lowest BCUT2D eigenvalue weighted by atomic mass is 10.4. The van der Waals surface area contributed by atoms with Crippen LogP contribution in [-0.4, -0.2) is 41.2 Å². The zero-order chi connectivity index (χ0) is 12.7. The standard InChI is InChI=1S/C6H8F3IN2O3S/c7-6(8,9)5(13)12-2-1-3(4(12)10)16(11,14)15/h3-4H,1-2H2,(H2,11,14,15). The van der Waals surface area contributed by atoms with Crippen LogP contribution in [0, 0.1) is 0 Å². The molecule has 0 aromatic carbocycles. The molecule has 1 saturated heterocycles. The summed E-state index contributed by atoms with van der Waals surface area (Å²) in [6, 6.07) is 0. The number of sulfonamides is 1. The summed E-state index contributed by atoms with van der Waals surface area (Å²) in [4.78, 5) is 11.4. The van der Waals surface area contributed by atoms with Crippen LogP contribution < -0.4 is 5.14 Å². The van der Waals surface area contributed by atoms with Gasteiger partial charge in [0.15, 0.2) is 0 Å². The number of rotatable bonds is 1. The molecule has 1 fully saturated rings. The maximum atomic E-state index is 12.1. The summed E-state index contributed by atoms with van der Waals surface area (Å²) in [6.45, 7) is -0.257. The van der Waals surface area contributed by atoms with Crippen LogP contribution in [0.2, 0.25) is 0 Å². The third-order valence-corrected chi connectivity index (χ3v) is 5.55. The van der Waals surface area contributed by atoms with Crippen LogP contribution in [0.3, 0.4) is 0 Å². The summed E-state index contributed by atoms with van der Waals surface area (Å²) in [5.41, 5.74) is 0. The summed E-state index contributed by atoms with van der Waals surface area (Å²) in [7, 11) is -3.93. The van der Waals surface area contributed by atoms with Gasteiger partial charge in [0.2, 0.25) is 10.0 Å². The topological polar surface area (TPSA) is 80.5 Å². The highest BCUT2D eigenvalue weighted by atomic mass is 127. The van der Waals surface area contributed by atoms with Crippen LogP contribution in [0.4, 0.5) is 13.2 Å². The van der Waals surface area contributed by atoms with Crippen molar-refractivity contribution in [1.82, 2.24) is 4.90 Å². The van der Waals surface area contributed by atoms with Gasteiger partial charge in [0.1, 0.15) is 9.30 Å². The molecular weight excluding hydrogens is 364 g/mol. The van der Waals surface area contributed by atoms with Crippen molar-refractivity contribution in [1.29, 1.82) is 0 Å². The Morgan fingerprint density at radius 2 is 1.94 bits per heavy atom. The minimum atomic E-state index is -4.99. The molecule has 1 aliphatic rings. The van der Waals surface area contributed by atoms with Gasteiger partial charge in [-0.15, -0.1) is 0 Å². The second-order valence-corrected chi connectivity index (χ2v) is 6.34. The molecule has 16 heavy (non-hydrogen) atoms. The Hall–Kier alpha value is -0.100. The molecule has 10 heteroatoms. The van der Waals surface area contributed by atoms with E-state index in [0.717, 1.165) is 0 Å². The van der Waals surface area contributed by atoms with Crippen LogP contribution in [0.15, 0.2) is 0 Å². The lowest BCUT2D eigenvalue weighted by molar-refractivity contribution is -0.184. The first-order chi connectivity index (χ1) is 7.05. The average molecular weight is 372 g/mol. The lowest BCUT2D eigenvalue weighted by Gasteiger charge is -2.23. The highest BCUT2D eigenvalue weighted by Crippen LogP contribution is 2.31. The number of halogens is 4. The average Bonchev–Trinajstić information content (AvgIpc) is 2.42. The van der Waals surface area contributed by atoms with E-state index in [1.165, 1.54) is 22.6 Å². The number of nitrogens with two attached hydrogens (primary N) is 1. The number of hydrogen-bond acceptors (Lipinski definition) is 3. The Balaban J connectivity index is 2.88. The van der Waals surface area contributed by atoms with Crippen molar-refractivity contribution in [3.8, 4) is 0 Å². The van der Waals surface area contributed by atoms with Crippen molar-refractivity contribution < 1.29 is 26.4 Å². The van der Waals surface area contributed by atoms with Crippen molar-refractivity contribution >= 4 is 38.5 Å². The molecule has 94 valence electrons. The van der Waals surface area contributed by atoms with Crippen LogP contribution >= 0.6 is 22.6 Å². The third kappa shape index (κ3) is 2.77. The van der Waals surface area contributed by atoms with E-state index in [1.807, 2.05) is 0 Å². The van der Waals surface area contributed by atoms with Crippen LogP contribution in [0.1, 0.15) is 6.42 Å². The minimum absolute atomic E-state index is 0.0751. The molecular formula is C6H8F3IN2O3S. The second-order valence-electron chi connectivity index (χ2n) is 3.29. The van der Waals surface area contributed by atoms with Gasteiger partial charge in [0, 0.05) is 6.54 Å². The number of alkyl halides is 4. The number of likely N-dealkylation sites (tertiary alicyclic amines) is 1. The van der Waals surface area contributed by atoms with Gasteiger partial charge in [-0.3, -0.25) is 4.79 Å². The van der Waals surface area contributed by atoms with E-state index >= 15 is 0 Å². The molecule has 2 unspecified atom stereocenters. The van der Waals surface area contributed by atoms with E-state index in [-0.39, 0.29) is 13.0 Å². The summed E-state index contributed by atoms with van der Waals surface area (Å²) >= 11 is 1.48. The van der Waals surface area contributed by atoms with Gasteiger partial charge < -0.3 is 4.90 Å². The van der Waals surface area contributed by atoms with Gasteiger partial charge in [-0.05, 0) is 6.42 Å². The van der Waals surface area contributed by atoms with E-state index in [0.29, 0.717) is 4.90 Å². The number of carbonyl (C=O) groups is 1. The largest absolute Gasteiger partial charge is 0.471 e. The molecule has 5 nitrogen and oxygen atoms in total. The fourth-order valence-electron chi connectivity index (χ4n) is 1.43. The molecule has 2 N–H and O–H groups in total. The summed E-state index contributed by atoms with van der Waals surface area (Å²) < 4.78 is 57.3. The van der Waals surface area contributed by atoms with Gasteiger partial charge in [-0.2, -0.15) is 13.2 Å². The van der Waals surface area contributed by atoms with Crippen molar-refractivity contribution in [3.05, 3.63) is 0 Å². The number of primary sulfonamides is 1. The predicted octanol–water partition coefficient (Wildman–Crippen LogP) is 0.199. The molecule has 1 rings (SSSR count). The monoisotopic (exact) mass is 372 g/mol. The highest BCUT2D eigenvalue weighted by molar-refractivity contribution is 14.1. The van der Waals surface area contributed by atoms with E-state index < -0.39 is 31.4 Å². The number of nitrogens with zero attached hydrogens (tertiary/aromatic N) is 1. The second kappa shape index (κ2) is 4.29. The van der Waals surface area contributed by atoms with E-state index in [9.17, 15) is 26.4 Å². The fourth-order valence-corrected chi connectivity index (χ4v) is 4.44. The molecule has 1 amide bonds. The van der Waals surface area contributed by atoms with Crippen molar-refractivity contribution in [3.63, 3.8) is 0 Å². The van der Waals surface area contributed by atoms with Crippen molar-refractivity contribution in [2.45, 2.75) is 21.9 Å². The maximum Gasteiger partial charge on any atom is 0.471 e. The molecule has 0 saturated carbocycles. The Morgan fingerprint density at radius 3 is 2.25 bits per heavy atom. The van der Waals surface area contributed by atoms with Gasteiger partial charge in [0.05, 0.1) is 0 Å². The molecule has 0 aliphatic carbocycles. The molecule has 0 bridgehead atoms. The highest BCUT2D eigenvalue weighted by Gasteiger charge is 2.50. The number of carbonyl (C=O) groups excluding carboxylic acids is 1. The zero-order valence-electron chi connectivity index (χ0n) is 7.74. The quantitative estimate of drug-likeness (QED) is 0.406. The molecule has 2 atom stereocenters. The van der Waals surface area contributed by atoms with Gasteiger partial charge >= 0.3 is 12.1 Å². The Morgan fingerprint density at radius 1 is 1.44 bits per heavy atom. The number of hydrogen-bond donors (Lipinski definition) is 1. The normalized spacial score (nSPS) is 27.2. The van der Waals surface area contributed by atoms with Crippen molar-refractivity contribution in [2.75, 3.05) is 6.54 Å². The molecule has 0 aromatic rings. The Labute approximate surface area is 103 Å². The Bertz CT molecular complexity index is 396. The van der Waals surface area contributed by atoms with Gasteiger partial charge in [-0.1, -0.05) is 22.6 Å². The molecule has 1 heterocycles. The molecule has 0 aromatic heterocycles.